The third-order valence-electron chi connectivity index (χ3n) is 2.23. The Morgan fingerprint density at radius 1 is 1.47 bits per heavy atom. The zero-order valence-corrected chi connectivity index (χ0v) is 9.73. The Labute approximate surface area is 95.9 Å². The zero-order valence-electron chi connectivity index (χ0n) is 8.14. The Hall–Kier alpha value is -1.42. The van der Waals surface area contributed by atoms with E-state index in [4.69, 9.17) is 0 Å². The van der Waals surface area contributed by atoms with Gasteiger partial charge in [-0.2, -0.15) is 0 Å². The first-order chi connectivity index (χ1) is 7.24. The second-order valence-corrected chi connectivity index (χ2v) is 3.99. The molecule has 0 unspecified atom stereocenters. The quantitative estimate of drug-likeness (QED) is 0.782. The van der Waals surface area contributed by atoms with Crippen molar-refractivity contribution in [2.45, 2.75) is 6.92 Å². The minimum atomic E-state index is 0.638. The Morgan fingerprint density at radius 2 is 2.27 bits per heavy atom. The first-order valence-electron chi connectivity index (χ1n) is 4.48. The van der Waals surface area contributed by atoms with Crippen LogP contribution in [0.3, 0.4) is 0 Å². The van der Waals surface area contributed by atoms with Crippen molar-refractivity contribution >= 4 is 22.2 Å². The summed E-state index contributed by atoms with van der Waals surface area (Å²) in [5.74, 6) is 0.858. The minimum absolute atomic E-state index is 0.638. The van der Waals surface area contributed by atoms with Crippen molar-refractivity contribution in [3.05, 3.63) is 46.5 Å². The highest BCUT2D eigenvalue weighted by Crippen LogP contribution is 2.22. The molecule has 76 valence electrons. The Kier molecular flexibility index (Phi) is 2.68. The molecule has 3 nitrogen and oxygen atoms in total. The van der Waals surface area contributed by atoms with Gasteiger partial charge in [-0.25, -0.2) is 4.98 Å². The normalized spacial score (nSPS) is 10.3. The second-order valence-electron chi connectivity index (χ2n) is 3.13. The molecule has 4 heteroatoms. The number of carbonyl (C=O) groups is 1. The Morgan fingerprint density at radius 3 is 2.87 bits per heavy atom. The van der Waals surface area contributed by atoms with Crippen LogP contribution in [0.5, 0.6) is 0 Å². The van der Waals surface area contributed by atoms with Crippen molar-refractivity contribution in [2.75, 3.05) is 0 Å². The highest BCUT2D eigenvalue weighted by Gasteiger charge is 2.08. The average Bonchev–Trinajstić information content (AvgIpc) is 2.64. The number of aromatic nitrogens is 2. The summed E-state index contributed by atoms with van der Waals surface area (Å²) < 4.78 is 2.68. The molecule has 0 aliphatic heterocycles. The maximum Gasteiger partial charge on any atom is 0.153 e. The van der Waals surface area contributed by atoms with Crippen LogP contribution in [0.4, 0.5) is 0 Å². The predicted octanol–water partition coefficient (Wildman–Crippen LogP) is 2.76. The third kappa shape index (κ3) is 1.72. The van der Waals surface area contributed by atoms with Gasteiger partial charge in [0.25, 0.3) is 0 Å². The van der Waals surface area contributed by atoms with Gasteiger partial charge in [-0.1, -0.05) is 6.07 Å². The number of aryl methyl sites for hydroxylation is 1. The highest BCUT2D eigenvalue weighted by atomic mass is 79.9. The summed E-state index contributed by atoms with van der Waals surface area (Å²) >= 11 is 3.35. The molecule has 0 saturated carbocycles. The summed E-state index contributed by atoms with van der Waals surface area (Å²) in [6.07, 6.45) is 4.40. The minimum Gasteiger partial charge on any atom is -0.303 e. The summed E-state index contributed by atoms with van der Waals surface area (Å²) in [5.41, 5.74) is 1.48. The van der Waals surface area contributed by atoms with Gasteiger partial charge >= 0.3 is 0 Å². The van der Waals surface area contributed by atoms with Crippen LogP contribution in [0.15, 0.2) is 35.1 Å². The van der Waals surface area contributed by atoms with Crippen molar-refractivity contribution in [3.8, 4) is 5.69 Å². The van der Waals surface area contributed by atoms with Gasteiger partial charge in [0.05, 0.1) is 11.3 Å². The van der Waals surface area contributed by atoms with Crippen LogP contribution in [-0.2, 0) is 0 Å². The van der Waals surface area contributed by atoms with E-state index in [1.165, 1.54) is 0 Å². The molecular weight excluding hydrogens is 256 g/mol. The number of hydrogen-bond donors (Lipinski definition) is 0. The number of imidazole rings is 1. The lowest BCUT2D eigenvalue weighted by Gasteiger charge is -2.08. The molecule has 0 aliphatic carbocycles. The number of aldehydes is 1. The molecule has 0 fully saturated rings. The molecular formula is C11H9BrN2O. The zero-order chi connectivity index (χ0) is 10.8. The van der Waals surface area contributed by atoms with Gasteiger partial charge in [-0.15, -0.1) is 0 Å². The van der Waals surface area contributed by atoms with Gasteiger partial charge in [0, 0.05) is 16.9 Å². The van der Waals surface area contributed by atoms with E-state index in [0.717, 1.165) is 22.3 Å². The Balaban J connectivity index is 2.68. The number of carbonyl (C=O) groups excluding carboxylic acids is 1. The second kappa shape index (κ2) is 3.98. The molecule has 0 radical (unpaired) electrons. The molecule has 1 heterocycles. The summed E-state index contributed by atoms with van der Waals surface area (Å²) in [5, 5.41) is 0. The predicted molar refractivity (Wildman–Crippen MR) is 61.4 cm³/mol. The molecule has 0 saturated heterocycles. The summed E-state index contributed by atoms with van der Waals surface area (Å²) in [6.45, 7) is 1.90. The molecule has 0 N–H and O–H groups in total. The molecule has 0 amide bonds. The fraction of sp³-hybridized carbons (Fsp3) is 0.0909. The van der Waals surface area contributed by atoms with E-state index in [2.05, 4.69) is 20.9 Å². The van der Waals surface area contributed by atoms with Crippen LogP contribution in [0.25, 0.3) is 5.69 Å². The summed E-state index contributed by atoms with van der Waals surface area (Å²) in [7, 11) is 0. The van der Waals surface area contributed by atoms with Crippen molar-refractivity contribution in [1.82, 2.24) is 9.55 Å². The van der Waals surface area contributed by atoms with E-state index < -0.39 is 0 Å². The third-order valence-corrected chi connectivity index (χ3v) is 2.92. The van der Waals surface area contributed by atoms with Crippen LogP contribution < -0.4 is 0 Å². The lowest BCUT2D eigenvalue weighted by Crippen LogP contribution is -2.00. The van der Waals surface area contributed by atoms with Crippen molar-refractivity contribution in [2.24, 2.45) is 0 Å². The maximum atomic E-state index is 11.0. The van der Waals surface area contributed by atoms with E-state index >= 15 is 0 Å². The lowest BCUT2D eigenvalue weighted by molar-refractivity contribution is 0.112. The van der Waals surface area contributed by atoms with Crippen LogP contribution in [0, 0.1) is 6.92 Å². The van der Waals surface area contributed by atoms with Crippen molar-refractivity contribution in [1.29, 1.82) is 0 Å². The fourth-order valence-corrected chi connectivity index (χ4v) is 1.93. The van der Waals surface area contributed by atoms with Gasteiger partial charge in [-0.05, 0) is 35.0 Å². The maximum absolute atomic E-state index is 11.0. The van der Waals surface area contributed by atoms with Crippen LogP contribution in [0.2, 0.25) is 0 Å². The first kappa shape index (κ1) is 10.1. The average molecular weight is 265 g/mol. The number of benzene rings is 1. The van der Waals surface area contributed by atoms with E-state index in [9.17, 15) is 4.79 Å². The standard InChI is InChI=1S/C11H9BrN2O/c1-8-13-5-6-14(8)11-4-2-3-10(12)9(11)7-15/h2-7H,1H3. The van der Waals surface area contributed by atoms with E-state index in [0.29, 0.717) is 5.56 Å². The van der Waals surface area contributed by atoms with Gasteiger partial charge in [0.2, 0.25) is 0 Å². The molecule has 2 aromatic rings. The van der Waals surface area contributed by atoms with Crippen LogP contribution in [0.1, 0.15) is 16.2 Å². The topological polar surface area (TPSA) is 34.9 Å². The number of rotatable bonds is 2. The van der Waals surface area contributed by atoms with Crippen LogP contribution in [-0.4, -0.2) is 15.8 Å². The first-order valence-corrected chi connectivity index (χ1v) is 5.27. The molecule has 0 spiro atoms. The van der Waals surface area contributed by atoms with E-state index in [1.807, 2.05) is 35.9 Å². The molecule has 1 aromatic carbocycles. The highest BCUT2D eigenvalue weighted by molar-refractivity contribution is 9.10. The fourth-order valence-electron chi connectivity index (χ4n) is 1.48. The lowest BCUT2D eigenvalue weighted by atomic mass is 10.2. The van der Waals surface area contributed by atoms with E-state index in [-0.39, 0.29) is 0 Å². The van der Waals surface area contributed by atoms with E-state index in [1.54, 1.807) is 6.20 Å². The van der Waals surface area contributed by atoms with Gasteiger partial charge in [0.15, 0.2) is 6.29 Å². The number of hydrogen-bond acceptors (Lipinski definition) is 2. The number of halogens is 1. The number of nitrogens with zero attached hydrogens (tertiary/aromatic N) is 2. The summed E-state index contributed by atoms with van der Waals surface area (Å²) in [6, 6.07) is 5.63. The summed E-state index contributed by atoms with van der Waals surface area (Å²) in [4.78, 5) is 15.1. The molecule has 0 aliphatic rings. The van der Waals surface area contributed by atoms with Gasteiger partial charge in [-0.3, -0.25) is 4.79 Å². The van der Waals surface area contributed by atoms with Gasteiger partial charge in [0.1, 0.15) is 5.82 Å². The molecule has 2 rings (SSSR count). The monoisotopic (exact) mass is 264 g/mol. The largest absolute Gasteiger partial charge is 0.303 e. The van der Waals surface area contributed by atoms with Crippen molar-refractivity contribution < 1.29 is 4.79 Å². The Bertz CT molecular complexity index is 505. The molecule has 1 aromatic heterocycles. The smallest absolute Gasteiger partial charge is 0.153 e. The molecule has 0 bridgehead atoms. The molecule has 0 atom stereocenters. The van der Waals surface area contributed by atoms with Crippen LogP contribution >= 0.6 is 15.9 Å². The van der Waals surface area contributed by atoms with Gasteiger partial charge < -0.3 is 4.57 Å². The van der Waals surface area contributed by atoms with Crippen molar-refractivity contribution in [3.63, 3.8) is 0 Å². The molecule has 15 heavy (non-hydrogen) atoms. The SMILES string of the molecule is Cc1nccn1-c1cccc(Br)c1C=O.